The van der Waals surface area contributed by atoms with Gasteiger partial charge < -0.3 is 5.32 Å². The summed E-state index contributed by atoms with van der Waals surface area (Å²) in [6.07, 6.45) is 2.16. The molecule has 72 valence electrons. The number of hydrogen-bond donors (Lipinski definition) is 1. The Bertz CT molecular complexity index is 274. The molecule has 0 aliphatic carbocycles. The van der Waals surface area contributed by atoms with Crippen molar-refractivity contribution in [3.05, 3.63) is 33.8 Å². The first kappa shape index (κ1) is 10.8. The van der Waals surface area contributed by atoms with Crippen molar-refractivity contribution in [3.63, 3.8) is 0 Å². The van der Waals surface area contributed by atoms with Crippen LogP contribution in [0.3, 0.4) is 0 Å². The average Bonchev–Trinajstić information content (AvgIpc) is 2.12. The highest BCUT2D eigenvalue weighted by Gasteiger charge is 1.98. The maximum absolute atomic E-state index is 5.88. The maximum atomic E-state index is 5.88. The molecule has 0 saturated heterocycles. The molecular formula is C10H13Cl2N. The third-order valence-electron chi connectivity index (χ3n) is 1.88. The molecule has 0 unspecified atom stereocenters. The number of rotatable bonds is 4. The summed E-state index contributed by atoms with van der Waals surface area (Å²) in [6, 6.07) is 5.79. The van der Waals surface area contributed by atoms with E-state index >= 15 is 0 Å². The summed E-state index contributed by atoms with van der Waals surface area (Å²) in [5.74, 6) is 0. The number of hydrogen-bond acceptors (Lipinski definition) is 1. The summed E-state index contributed by atoms with van der Waals surface area (Å²) < 4.78 is 0. The van der Waals surface area contributed by atoms with Crippen molar-refractivity contribution in [2.45, 2.75) is 12.8 Å². The first-order chi connectivity index (χ1) is 6.24. The molecule has 0 spiro atoms. The van der Waals surface area contributed by atoms with Gasteiger partial charge in [-0.3, -0.25) is 0 Å². The van der Waals surface area contributed by atoms with Crippen LogP contribution < -0.4 is 5.32 Å². The second-order valence-corrected chi connectivity index (χ2v) is 3.77. The van der Waals surface area contributed by atoms with Crippen LogP contribution in [0.4, 0.5) is 0 Å². The van der Waals surface area contributed by atoms with Gasteiger partial charge in [0.15, 0.2) is 0 Å². The smallest absolute Gasteiger partial charge is 0.0595 e. The van der Waals surface area contributed by atoms with Crippen molar-refractivity contribution in [2.75, 3.05) is 13.6 Å². The molecule has 0 saturated carbocycles. The lowest BCUT2D eigenvalue weighted by Crippen LogP contribution is -2.08. The number of aryl methyl sites for hydroxylation is 1. The number of halogens is 2. The van der Waals surface area contributed by atoms with Crippen molar-refractivity contribution in [1.82, 2.24) is 5.32 Å². The van der Waals surface area contributed by atoms with Gasteiger partial charge >= 0.3 is 0 Å². The van der Waals surface area contributed by atoms with Crippen molar-refractivity contribution in [1.29, 1.82) is 0 Å². The third kappa shape index (κ3) is 3.55. The fourth-order valence-corrected chi connectivity index (χ4v) is 1.49. The SMILES string of the molecule is CNCCCc1ccc(Cl)c(Cl)c1. The summed E-state index contributed by atoms with van der Waals surface area (Å²) in [7, 11) is 1.95. The molecule has 0 atom stereocenters. The summed E-state index contributed by atoms with van der Waals surface area (Å²) >= 11 is 11.7. The lowest BCUT2D eigenvalue weighted by Gasteiger charge is -2.02. The van der Waals surface area contributed by atoms with Gasteiger partial charge in [0.25, 0.3) is 0 Å². The minimum atomic E-state index is 0.624. The van der Waals surface area contributed by atoms with Gasteiger partial charge in [0.2, 0.25) is 0 Å². The van der Waals surface area contributed by atoms with E-state index in [0.29, 0.717) is 10.0 Å². The Morgan fingerprint density at radius 1 is 1.23 bits per heavy atom. The van der Waals surface area contributed by atoms with Crippen molar-refractivity contribution in [3.8, 4) is 0 Å². The van der Waals surface area contributed by atoms with E-state index in [1.165, 1.54) is 5.56 Å². The number of benzene rings is 1. The van der Waals surface area contributed by atoms with Gasteiger partial charge in [-0.05, 0) is 44.1 Å². The topological polar surface area (TPSA) is 12.0 Å². The molecule has 0 bridgehead atoms. The largest absolute Gasteiger partial charge is 0.320 e. The van der Waals surface area contributed by atoms with E-state index in [9.17, 15) is 0 Å². The van der Waals surface area contributed by atoms with Crippen molar-refractivity contribution < 1.29 is 0 Å². The lowest BCUT2D eigenvalue weighted by atomic mass is 10.1. The van der Waals surface area contributed by atoms with Gasteiger partial charge in [-0.1, -0.05) is 29.3 Å². The molecule has 1 aromatic rings. The Morgan fingerprint density at radius 2 is 2.00 bits per heavy atom. The highest BCUT2D eigenvalue weighted by molar-refractivity contribution is 6.42. The molecule has 0 aromatic heterocycles. The van der Waals surface area contributed by atoms with E-state index in [0.717, 1.165) is 19.4 Å². The molecule has 1 rings (SSSR count). The Balaban J connectivity index is 2.53. The van der Waals surface area contributed by atoms with Crippen LogP contribution in [0.1, 0.15) is 12.0 Å². The van der Waals surface area contributed by atoms with Gasteiger partial charge in [-0.2, -0.15) is 0 Å². The highest BCUT2D eigenvalue weighted by atomic mass is 35.5. The van der Waals surface area contributed by atoms with Gasteiger partial charge in [-0.25, -0.2) is 0 Å². The fraction of sp³-hybridized carbons (Fsp3) is 0.400. The molecule has 0 heterocycles. The minimum absolute atomic E-state index is 0.624. The summed E-state index contributed by atoms with van der Waals surface area (Å²) in [5, 5.41) is 4.37. The normalized spacial score (nSPS) is 10.4. The lowest BCUT2D eigenvalue weighted by molar-refractivity contribution is 0.725. The van der Waals surface area contributed by atoms with Crippen LogP contribution in [-0.4, -0.2) is 13.6 Å². The van der Waals surface area contributed by atoms with Gasteiger partial charge in [0.1, 0.15) is 0 Å². The average molecular weight is 218 g/mol. The molecule has 1 aromatic carbocycles. The highest BCUT2D eigenvalue weighted by Crippen LogP contribution is 2.22. The Hall–Kier alpha value is -0.240. The van der Waals surface area contributed by atoms with E-state index in [2.05, 4.69) is 5.32 Å². The molecule has 1 nitrogen and oxygen atoms in total. The van der Waals surface area contributed by atoms with Crippen LogP contribution in [-0.2, 0) is 6.42 Å². The molecule has 0 amide bonds. The quantitative estimate of drug-likeness (QED) is 0.765. The molecule has 1 N–H and O–H groups in total. The van der Waals surface area contributed by atoms with Crippen LogP contribution >= 0.6 is 23.2 Å². The molecule has 3 heteroatoms. The van der Waals surface area contributed by atoms with Crippen molar-refractivity contribution >= 4 is 23.2 Å². The Kier molecular flexibility index (Phi) is 4.57. The molecule has 13 heavy (non-hydrogen) atoms. The van der Waals surface area contributed by atoms with Crippen LogP contribution in [0, 0.1) is 0 Å². The van der Waals surface area contributed by atoms with E-state index < -0.39 is 0 Å². The fourth-order valence-electron chi connectivity index (χ4n) is 1.16. The van der Waals surface area contributed by atoms with Crippen molar-refractivity contribution in [2.24, 2.45) is 0 Å². The van der Waals surface area contributed by atoms with E-state index in [4.69, 9.17) is 23.2 Å². The standard InChI is InChI=1S/C10H13Cl2N/c1-13-6-2-3-8-4-5-9(11)10(12)7-8/h4-5,7,13H,2-3,6H2,1H3. The predicted molar refractivity (Wildman–Crippen MR) is 58.7 cm³/mol. The van der Waals surface area contributed by atoms with Gasteiger partial charge in [-0.15, -0.1) is 0 Å². The van der Waals surface area contributed by atoms with E-state index in [-0.39, 0.29) is 0 Å². The zero-order chi connectivity index (χ0) is 9.68. The summed E-state index contributed by atoms with van der Waals surface area (Å²) in [4.78, 5) is 0. The van der Waals surface area contributed by atoms with E-state index in [1.807, 2.05) is 25.2 Å². The van der Waals surface area contributed by atoms with Crippen LogP contribution in [0.5, 0.6) is 0 Å². The first-order valence-electron chi connectivity index (χ1n) is 4.32. The first-order valence-corrected chi connectivity index (χ1v) is 5.08. The zero-order valence-electron chi connectivity index (χ0n) is 7.61. The van der Waals surface area contributed by atoms with Crippen LogP contribution in [0.2, 0.25) is 10.0 Å². The summed E-state index contributed by atoms with van der Waals surface area (Å²) in [5.41, 5.74) is 1.24. The summed E-state index contributed by atoms with van der Waals surface area (Å²) in [6.45, 7) is 1.03. The van der Waals surface area contributed by atoms with Gasteiger partial charge in [0.05, 0.1) is 10.0 Å². The molecule has 0 aliphatic rings. The Morgan fingerprint density at radius 3 is 2.62 bits per heavy atom. The van der Waals surface area contributed by atoms with Crippen LogP contribution in [0.25, 0.3) is 0 Å². The minimum Gasteiger partial charge on any atom is -0.320 e. The molecule has 0 radical (unpaired) electrons. The second kappa shape index (κ2) is 5.48. The predicted octanol–water partition coefficient (Wildman–Crippen LogP) is 3.15. The second-order valence-electron chi connectivity index (χ2n) is 2.96. The monoisotopic (exact) mass is 217 g/mol. The molecular weight excluding hydrogens is 205 g/mol. The van der Waals surface area contributed by atoms with Crippen LogP contribution in [0.15, 0.2) is 18.2 Å². The maximum Gasteiger partial charge on any atom is 0.0595 e. The molecule has 0 fully saturated rings. The van der Waals surface area contributed by atoms with Gasteiger partial charge in [0, 0.05) is 0 Å². The zero-order valence-corrected chi connectivity index (χ0v) is 9.12. The Labute approximate surface area is 89.0 Å². The molecule has 0 aliphatic heterocycles. The number of nitrogens with one attached hydrogen (secondary N) is 1. The third-order valence-corrected chi connectivity index (χ3v) is 2.62. The van der Waals surface area contributed by atoms with E-state index in [1.54, 1.807) is 0 Å².